The molecule has 2 atom stereocenters. The molecule has 0 aliphatic rings. The summed E-state index contributed by atoms with van der Waals surface area (Å²) in [6.07, 6.45) is 1.83. The number of hydrogen-bond donors (Lipinski definition) is 1. The first-order valence-corrected chi connectivity index (χ1v) is 14.0. The fourth-order valence-electron chi connectivity index (χ4n) is 3.63. The summed E-state index contributed by atoms with van der Waals surface area (Å²) in [5.74, 6) is -0.721. The molecule has 192 valence electrons. The number of halogens is 1. The van der Waals surface area contributed by atoms with Crippen molar-refractivity contribution in [1.29, 1.82) is 0 Å². The molecule has 2 aromatic rings. The van der Waals surface area contributed by atoms with Crippen molar-refractivity contribution in [3.05, 3.63) is 64.7 Å². The highest BCUT2D eigenvalue weighted by Gasteiger charge is 2.31. The molecule has 1 N–H and O–H groups in total. The Morgan fingerprint density at radius 1 is 1.00 bits per heavy atom. The Hall–Kier alpha value is -2.58. The number of carbonyl (C=O) groups is 2. The van der Waals surface area contributed by atoms with Crippen LogP contribution in [0.1, 0.15) is 58.1 Å². The maximum absolute atomic E-state index is 13.6. The summed E-state index contributed by atoms with van der Waals surface area (Å²) < 4.78 is 26.7. The van der Waals surface area contributed by atoms with Crippen LogP contribution in [-0.2, 0) is 26.2 Å². The first kappa shape index (κ1) is 28.7. The van der Waals surface area contributed by atoms with Crippen molar-refractivity contribution in [2.45, 2.75) is 65.6 Å². The van der Waals surface area contributed by atoms with E-state index in [-0.39, 0.29) is 24.4 Å². The van der Waals surface area contributed by atoms with Gasteiger partial charge in [0, 0.05) is 17.6 Å². The zero-order valence-electron chi connectivity index (χ0n) is 21.3. The smallest absolute Gasteiger partial charge is 0.244 e. The Bertz CT molecular complexity index is 1120. The predicted octanol–water partition coefficient (Wildman–Crippen LogP) is 4.56. The van der Waals surface area contributed by atoms with Gasteiger partial charge in [0.1, 0.15) is 12.6 Å². The van der Waals surface area contributed by atoms with E-state index in [1.165, 1.54) is 4.90 Å². The fourth-order valence-corrected chi connectivity index (χ4v) is 4.63. The molecular formula is C26H36ClN3O4S. The lowest BCUT2D eigenvalue weighted by atomic mass is 10.0. The molecule has 2 rings (SSSR count). The lowest BCUT2D eigenvalue weighted by molar-refractivity contribution is -0.139. The van der Waals surface area contributed by atoms with Crippen molar-refractivity contribution >= 4 is 39.1 Å². The third kappa shape index (κ3) is 7.97. The molecule has 0 bridgehead atoms. The number of carbonyl (C=O) groups excluding carboxylic acids is 2. The number of amides is 2. The van der Waals surface area contributed by atoms with Crippen LogP contribution in [0.25, 0.3) is 0 Å². The van der Waals surface area contributed by atoms with Gasteiger partial charge in [-0.15, -0.1) is 0 Å². The van der Waals surface area contributed by atoms with Gasteiger partial charge in [0.15, 0.2) is 0 Å². The van der Waals surface area contributed by atoms with E-state index in [0.29, 0.717) is 10.7 Å². The molecule has 0 aromatic heterocycles. The predicted molar refractivity (Wildman–Crippen MR) is 142 cm³/mol. The number of sulfonamides is 1. The van der Waals surface area contributed by atoms with Gasteiger partial charge in [-0.05, 0) is 55.5 Å². The molecule has 2 amide bonds. The molecule has 0 aliphatic carbocycles. The van der Waals surface area contributed by atoms with Crippen LogP contribution in [0.5, 0.6) is 0 Å². The van der Waals surface area contributed by atoms with Crippen LogP contribution >= 0.6 is 11.6 Å². The quantitative estimate of drug-likeness (QED) is 0.469. The molecule has 0 heterocycles. The lowest BCUT2D eigenvalue weighted by Crippen LogP contribution is -2.52. The number of nitrogens with one attached hydrogen (secondary N) is 1. The molecule has 9 heteroatoms. The minimum Gasteiger partial charge on any atom is -0.352 e. The molecule has 7 nitrogen and oxygen atoms in total. The summed E-state index contributed by atoms with van der Waals surface area (Å²) in [4.78, 5) is 28.0. The molecule has 0 radical (unpaired) electrons. The molecule has 0 saturated heterocycles. The third-order valence-corrected chi connectivity index (χ3v) is 7.32. The highest BCUT2D eigenvalue weighted by atomic mass is 35.5. The van der Waals surface area contributed by atoms with E-state index in [4.69, 9.17) is 11.6 Å². The van der Waals surface area contributed by atoms with Gasteiger partial charge in [-0.2, -0.15) is 0 Å². The average molecular weight is 522 g/mol. The monoisotopic (exact) mass is 521 g/mol. The van der Waals surface area contributed by atoms with E-state index in [1.54, 1.807) is 43.3 Å². The van der Waals surface area contributed by atoms with Crippen molar-refractivity contribution in [3.63, 3.8) is 0 Å². The average Bonchev–Trinajstić information content (AvgIpc) is 2.80. The largest absolute Gasteiger partial charge is 0.352 e. The Morgan fingerprint density at radius 3 is 2.14 bits per heavy atom. The summed E-state index contributed by atoms with van der Waals surface area (Å²) in [7, 11) is -3.78. The highest BCUT2D eigenvalue weighted by Crippen LogP contribution is 2.29. The molecule has 2 unspecified atom stereocenters. The number of rotatable bonds is 11. The van der Waals surface area contributed by atoms with Gasteiger partial charge in [0.05, 0.1) is 11.9 Å². The van der Waals surface area contributed by atoms with E-state index in [2.05, 4.69) is 5.32 Å². The molecule has 35 heavy (non-hydrogen) atoms. The summed E-state index contributed by atoms with van der Waals surface area (Å²) in [5, 5.41) is 3.47. The SMILES string of the molecule is CCC(C)NC(=O)C(C)N(Cc1ccc(Cl)cc1)C(=O)CN(c1ccccc1C(C)C)S(C)(=O)=O. The summed E-state index contributed by atoms with van der Waals surface area (Å²) in [6.45, 7) is 9.15. The number of anilines is 1. The normalized spacial score (nSPS) is 13.3. The molecule has 0 aliphatic heterocycles. The number of nitrogens with zero attached hydrogens (tertiary/aromatic N) is 2. The highest BCUT2D eigenvalue weighted by molar-refractivity contribution is 7.92. The van der Waals surface area contributed by atoms with E-state index in [1.807, 2.05) is 39.8 Å². The van der Waals surface area contributed by atoms with Gasteiger partial charge in [0.25, 0.3) is 0 Å². The van der Waals surface area contributed by atoms with Crippen LogP contribution in [0, 0.1) is 0 Å². The molecular weight excluding hydrogens is 486 g/mol. The number of benzene rings is 2. The van der Waals surface area contributed by atoms with Crippen molar-refractivity contribution in [2.24, 2.45) is 0 Å². The minimum atomic E-state index is -3.78. The first-order chi connectivity index (χ1) is 16.3. The van der Waals surface area contributed by atoms with Crippen LogP contribution in [0.3, 0.4) is 0 Å². The van der Waals surface area contributed by atoms with Crippen molar-refractivity contribution in [2.75, 3.05) is 17.1 Å². The molecule has 0 spiro atoms. The minimum absolute atomic E-state index is 0.0518. The Labute approximate surface area is 214 Å². The second-order valence-electron chi connectivity index (χ2n) is 9.13. The van der Waals surface area contributed by atoms with Gasteiger partial charge in [-0.25, -0.2) is 8.42 Å². The number of hydrogen-bond acceptors (Lipinski definition) is 4. The summed E-state index contributed by atoms with van der Waals surface area (Å²) >= 11 is 6.01. The summed E-state index contributed by atoms with van der Waals surface area (Å²) in [6, 6.07) is 13.3. The van der Waals surface area contributed by atoms with Gasteiger partial charge in [-0.1, -0.05) is 62.7 Å². The Kier molecular flexibility index (Phi) is 10.2. The zero-order chi connectivity index (χ0) is 26.3. The van der Waals surface area contributed by atoms with Crippen molar-refractivity contribution in [3.8, 4) is 0 Å². The van der Waals surface area contributed by atoms with E-state index in [9.17, 15) is 18.0 Å². The van der Waals surface area contributed by atoms with Gasteiger partial charge in [0.2, 0.25) is 21.8 Å². The molecule has 0 saturated carbocycles. The Morgan fingerprint density at radius 2 is 1.60 bits per heavy atom. The van der Waals surface area contributed by atoms with E-state index < -0.39 is 28.5 Å². The zero-order valence-corrected chi connectivity index (χ0v) is 22.9. The standard InChI is InChI=1S/C26H36ClN3O4S/c1-7-19(4)28-26(32)20(5)29(16-21-12-14-22(27)15-13-21)25(31)17-30(35(6,33)34)24-11-9-8-10-23(24)18(2)3/h8-15,18-20H,7,16-17H2,1-6H3,(H,28,32). The van der Waals surface area contributed by atoms with Crippen molar-refractivity contribution < 1.29 is 18.0 Å². The van der Waals surface area contributed by atoms with Gasteiger partial charge < -0.3 is 10.2 Å². The second kappa shape index (κ2) is 12.4. The molecule has 2 aromatic carbocycles. The van der Waals surface area contributed by atoms with E-state index in [0.717, 1.165) is 28.1 Å². The maximum atomic E-state index is 13.6. The third-order valence-electron chi connectivity index (χ3n) is 5.94. The van der Waals surface area contributed by atoms with E-state index >= 15 is 0 Å². The lowest BCUT2D eigenvalue weighted by Gasteiger charge is -2.32. The fraction of sp³-hybridized carbons (Fsp3) is 0.462. The van der Waals surface area contributed by atoms with Crippen LogP contribution in [0.15, 0.2) is 48.5 Å². The first-order valence-electron chi connectivity index (χ1n) is 11.8. The molecule has 0 fully saturated rings. The number of para-hydroxylation sites is 1. The van der Waals surface area contributed by atoms with Gasteiger partial charge in [-0.3, -0.25) is 13.9 Å². The summed E-state index contributed by atoms with van der Waals surface area (Å²) in [5.41, 5.74) is 2.05. The van der Waals surface area contributed by atoms with Crippen molar-refractivity contribution in [1.82, 2.24) is 10.2 Å². The van der Waals surface area contributed by atoms with Crippen LogP contribution in [0.2, 0.25) is 5.02 Å². The maximum Gasteiger partial charge on any atom is 0.244 e. The Balaban J connectivity index is 2.44. The van der Waals surface area contributed by atoms with Crippen LogP contribution in [-0.4, -0.2) is 50.0 Å². The van der Waals surface area contributed by atoms with Gasteiger partial charge >= 0.3 is 0 Å². The van der Waals surface area contributed by atoms with Crippen LogP contribution in [0.4, 0.5) is 5.69 Å². The topological polar surface area (TPSA) is 86.8 Å². The second-order valence-corrected chi connectivity index (χ2v) is 11.5. The van der Waals surface area contributed by atoms with Crippen LogP contribution < -0.4 is 9.62 Å².